The Morgan fingerprint density at radius 3 is 2.35 bits per heavy atom. The lowest BCUT2D eigenvalue weighted by Gasteiger charge is -2.37. The van der Waals surface area contributed by atoms with Gasteiger partial charge < -0.3 is 18.6 Å². The maximum atomic E-state index is 10.6. The first-order valence-corrected chi connectivity index (χ1v) is 10.4. The molecule has 0 bridgehead atoms. The van der Waals surface area contributed by atoms with Crippen LogP contribution in [0.2, 0.25) is 0 Å². The van der Waals surface area contributed by atoms with Gasteiger partial charge in [-0.25, -0.2) is 4.98 Å². The van der Waals surface area contributed by atoms with Crippen LogP contribution in [-0.2, 0) is 4.65 Å². The van der Waals surface area contributed by atoms with Gasteiger partial charge in [0.15, 0.2) is 5.58 Å². The SMILES string of the molecule is CC(C)(O)C(C)(C)OBc1c2oc(-c3ccccc3)nc2cc2oc3ccccc3c12. The summed E-state index contributed by atoms with van der Waals surface area (Å²) in [7, 11) is 0.248. The van der Waals surface area contributed by atoms with Crippen LogP contribution in [0.15, 0.2) is 69.5 Å². The van der Waals surface area contributed by atoms with E-state index in [1.54, 1.807) is 13.8 Å². The third-order valence-corrected chi connectivity index (χ3v) is 6.19. The molecule has 31 heavy (non-hydrogen) atoms. The third kappa shape index (κ3) is 3.32. The second-order valence-electron chi connectivity index (χ2n) is 8.92. The number of aromatic nitrogens is 1. The number of aliphatic hydroxyl groups is 1. The standard InChI is InChI=1S/C25H24BNO4/c1-24(2,28)25(3,4)31-26-21-20-16-12-8-9-13-18(16)29-19(20)14-17-22(21)30-23(27-17)15-10-6-5-7-11-15/h5-14,26,28H,1-4H3. The molecule has 0 fully saturated rings. The average molecular weight is 413 g/mol. The maximum absolute atomic E-state index is 10.6. The molecule has 5 rings (SSSR count). The van der Waals surface area contributed by atoms with Crippen LogP contribution in [0.4, 0.5) is 0 Å². The lowest BCUT2D eigenvalue weighted by Crippen LogP contribution is -2.49. The van der Waals surface area contributed by atoms with E-state index in [1.165, 1.54) is 0 Å². The summed E-state index contributed by atoms with van der Waals surface area (Å²) in [6.07, 6.45) is 0. The Morgan fingerprint density at radius 1 is 0.903 bits per heavy atom. The second kappa shape index (κ2) is 6.97. The van der Waals surface area contributed by atoms with Crippen LogP contribution in [0.3, 0.4) is 0 Å². The zero-order valence-electron chi connectivity index (χ0n) is 18.1. The quantitative estimate of drug-likeness (QED) is 0.414. The van der Waals surface area contributed by atoms with Crippen molar-refractivity contribution >= 4 is 46.0 Å². The van der Waals surface area contributed by atoms with Crippen molar-refractivity contribution in [3.05, 3.63) is 60.7 Å². The fourth-order valence-electron chi connectivity index (χ4n) is 3.63. The molecule has 0 radical (unpaired) electrons. The van der Waals surface area contributed by atoms with Gasteiger partial charge in [-0.3, -0.25) is 0 Å². The van der Waals surface area contributed by atoms with Crippen LogP contribution in [0.5, 0.6) is 0 Å². The van der Waals surface area contributed by atoms with Gasteiger partial charge in [-0.2, -0.15) is 0 Å². The number of benzene rings is 3. The van der Waals surface area contributed by atoms with Gasteiger partial charge in [0.25, 0.3) is 0 Å². The van der Waals surface area contributed by atoms with E-state index in [1.807, 2.05) is 74.5 Å². The second-order valence-corrected chi connectivity index (χ2v) is 8.92. The smallest absolute Gasteiger partial charge is 0.314 e. The molecule has 0 aliphatic rings. The van der Waals surface area contributed by atoms with E-state index in [0.717, 1.165) is 33.0 Å². The molecular formula is C25H24BNO4. The molecule has 5 aromatic rings. The van der Waals surface area contributed by atoms with E-state index in [4.69, 9.17) is 18.5 Å². The summed E-state index contributed by atoms with van der Waals surface area (Å²) in [5, 5.41) is 12.5. The number of nitrogens with zero attached hydrogens (tertiary/aromatic N) is 1. The number of hydrogen-bond donors (Lipinski definition) is 1. The molecule has 6 heteroatoms. The highest BCUT2D eigenvalue weighted by Crippen LogP contribution is 2.33. The van der Waals surface area contributed by atoms with Crippen LogP contribution in [-0.4, -0.2) is 28.8 Å². The summed E-state index contributed by atoms with van der Waals surface area (Å²) < 4.78 is 18.6. The van der Waals surface area contributed by atoms with Crippen molar-refractivity contribution in [3.8, 4) is 11.5 Å². The Balaban J connectivity index is 1.74. The lowest BCUT2D eigenvalue weighted by atomic mass is 9.80. The predicted octanol–water partition coefficient (Wildman–Crippen LogP) is 4.94. The van der Waals surface area contributed by atoms with E-state index >= 15 is 0 Å². The number of oxazole rings is 1. The fraction of sp³-hybridized carbons (Fsp3) is 0.240. The van der Waals surface area contributed by atoms with Crippen molar-refractivity contribution in [3.63, 3.8) is 0 Å². The fourth-order valence-corrected chi connectivity index (χ4v) is 3.63. The zero-order valence-corrected chi connectivity index (χ0v) is 18.1. The molecule has 2 heterocycles. The molecule has 0 spiro atoms. The highest BCUT2D eigenvalue weighted by atomic mass is 16.5. The third-order valence-electron chi connectivity index (χ3n) is 6.19. The van der Waals surface area contributed by atoms with Crippen molar-refractivity contribution in [1.82, 2.24) is 4.98 Å². The molecule has 156 valence electrons. The topological polar surface area (TPSA) is 68.6 Å². The summed E-state index contributed by atoms with van der Waals surface area (Å²) in [5.41, 5.74) is 2.90. The first kappa shape index (κ1) is 19.9. The minimum atomic E-state index is -1.02. The molecule has 0 aliphatic carbocycles. The van der Waals surface area contributed by atoms with Crippen molar-refractivity contribution in [1.29, 1.82) is 0 Å². The summed E-state index contributed by atoms with van der Waals surface area (Å²) in [4.78, 5) is 4.73. The van der Waals surface area contributed by atoms with Crippen LogP contribution in [0.25, 0.3) is 44.5 Å². The van der Waals surface area contributed by atoms with E-state index in [2.05, 4.69) is 0 Å². The van der Waals surface area contributed by atoms with Gasteiger partial charge in [0.05, 0.1) is 11.2 Å². The minimum Gasteiger partial charge on any atom is -0.456 e. The largest absolute Gasteiger partial charge is 0.456 e. The molecule has 0 unspecified atom stereocenters. The van der Waals surface area contributed by atoms with Crippen LogP contribution in [0.1, 0.15) is 27.7 Å². The lowest BCUT2D eigenvalue weighted by molar-refractivity contribution is -0.0892. The monoisotopic (exact) mass is 413 g/mol. The Hall–Kier alpha value is -3.09. The van der Waals surface area contributed by atoms with E-state index in [0.29, 0.717) is 17.0 Å². The Morgan fingerprint density at radius 2 is 1.61 bits per heavy atom. The van der Waals surface area contributed by atoms with Crippen molar-refractivity contribution in [2.45, 2.75) is 38.9 Å². The number of furan rings is 1. The van der Waals surface area contributed by atoms with Gasteiger partial charge in [-0.1, -0.05) is 36.4 Å². The van der Waals surface area contributed by atoms with Crippen molar-refractivity contribution in [2.24, 2.45) is 0 Å². The van der Waals surface area contributed by atoms with E-state index in [-0.39, 0.29) is 7.48 Å². The zero-order chi connectivity index (χ0) is 21.8. The number of hydrogen-bond acceptors (Lipinski definition) is 5. The van der Waals surface area contributed by atoms with Gasteiger partial charge in [-0.15, -0.1) is 0 Å². The first-order chi connectivity index (χ1) is 14.7. The summed E-state index contributed by atoms with van der Waals surface area (Å²) in [6.45, 7) is 7.26. The molecule has 1 N–H and O–H groups in total. The molecule has 3 aromatic carbocycles. The number of para-hydroxylation sites is 1. The molecule has 5 nitrogen and oxygen atoms in total. The van der Waals surface area contributed by atoms with Crippen LogP contribution in [0, 0.1) is 0 Å². The Kier molecular flexibility index (Phi) is 4.47. The van der Waals surface area contributed by atoms with E-state index < -0.39 is 11.2 Å². The number of rotatable bonds is 5. The molecule has 0 saturated carbocycles. The maximum Gasteiger partial charge on any atom is 0.314 e. The molecule has 0 aliphatic heterocycles. The van der Waals surface area contributed by atoms with Gasteiger partial charge in [-0.05, 0) is 45.9 Å². The highest BCUT2D eigenvalue weighted by molar-refractivity contribution is 6.56. The Bertz CT molecular complexity index is 1390. The van der Waals surface area contributed by atoms with E-state index in [9.17, 15) is 5.11 Å². The van der Waals surface area contributed by atoms with Gasteiger partial charge in [0.2, 0.25) is 5.89 Å². The average Bonchev–Trinajstić information content (AvgIpc) is 3.32. The summed E-state index contributed by atoms with van der Waals surface area (Å²) in [5.74, 6) is 0.551. The molecule has 0 amide bonds. The van der Waals surface area contributed by atoms with Crippen LogP contribution < -0.4 is 5.46 Å². The molecule has 2 aromatic heterocycles. The van der Waals surface area contributed by atoms with Gasteiger partial charge in [0.1, 0.15) is 16.7 Å². The summed E-state index contributed by atoms with van der Waals surface area (Å²) >= 11 is 0. The van der Waals surface area contributed by atoms with Gasteiger partial charge in [0, 0.05) is 27.9 Å². The van der Waals surface area contributed by atoms with Crippen LogP contribution >= 0.6 is 0 Å². The van der Waals surface area contributed by atoms with Crippen molar-refractivity contribution < 1.29 is 18.6 Å². The van der Waals surface area contributed by atoms with Crippen molar-refractivity contribution in [2.75, 3.05) is 0 Å². The first-order valence-electron chi connectivity index (χ1n) is 10.4. The summed E-state index contributed by atoms with van der Waals surface area (Å²) in [6, 6.07) is 19.7. The number of fused-ring (bicyclic) bond motifs is 4. The Labute approximate surface area is 180 Å². The highest BCUT2D eigenvalue weighted by Gasteiger charge is 2.36. The molecule has 0 atom stereocenters. The normalized spacial score (nSPS) is 12.8. The van der Waals surface area contributed by atoms with Gasteiger partial charge >= 0.3 is 7.48 Å². The predicted molar refractivity (Wildman–Crippen MR) is 125 cm³/mol. The minimum absolute atomic E-state index is 0.248. The molecular weight excluding hydrogens is 389 g/mol. The molecule has 0 saturated heterocycles.